The summed E-state index contributed by atoms with van der Waals surface area (Å²) in [6.07, 6.45) is 4.55. The summed E-state index contributed by atoms with van der Waals surface area (Å²) in [7, 11) is 0. The summed E-state index contributed by atoms with van der Waals surface area (Å²) in [5.41, 5.74) is 3.07. The maximum Gasteiger partial charge on any atom is 0.335 e. The predicted octanol–water partition coefficient (Wildman–Crippen LogP) is 4.82. The smallest absolute Gasteiger partial charge is 0.335 e. The molecule has 0 bridgehead atoms. The van der Waals surface area contributed by atoms with E-state index < -0.39 is 5.97 Å². The number of anilines is 1. The van der Waals surface area contributed by atoms with Gasteiger partial charge >= 0.3 is 5.97 Å². The molecular formula is C25H32N2O3. The molecule has 1 fully saturated rings. The number of hydrogen-bond acceptors (Lipinski definition) is 3. The highest BCUT2D eigenvalue weighted by Gasteiger charge is 2.23. The molecule has 1 atom stereocenters. The van der Waals surface area contributed by atoms with Gasteiger partial charge in [-0.15, -0.1) is 0 Å². The molecule has 0 spiro atoms. The van der Waals surface area contributed by atoms with Crippen LogP contribution in [0.15, 0.2) is 48.5 Å². The van der Waals surface area contributed by atoms with Crippen LogP contribution in [0.3, 0.4) is 0 Å². The molecule has 5 heteroatoms. The number of aromatic carboxylic acids is 1. The molecule has 160 valence electrons. The lowest BCUT2D eigenvalue weighted by atomic mass is 9.94. The summed E-state index contributed by atoms with van der Waals surface area (Å²) >= 11 is 0. The summed E-state index contributed by atoms with van der Waals surface area (Å²) in [5.74, 6) is -0.744. The molecule has 1 heterocycles. The van der Waals surface area contributed by atoms with Gasteiger partial charge in [-0.2, -0.15) is 0 Å². The third-order valence-corrected chi connectivity index (χ3v) is 5.65. The number of amides is 1. The van der Waals surface area contributed by atoms with E-state index in [0.717, 1.165) is 25.1 Å². The SMILES string of the molecule is CC(C)CC(NC(=O)Cc1ccccc1C(=O)O)c1ccccc1N1CCCCC1. The Hall–Kier alpha value is -2.82. The van der Waals surface area contributed by atoms with Crippen LogP contribution in [0.1, 0.15) is 67.1 Å². The van der Waals surface area contributed by atoms with Crippen molar-refractivity contribution in [1.82, 2.24) is 5.32 Å². The quantitative estimate of drug-likeness (QED) is 0.657. The highest BCUT2D eigenvalue weighted by molar-refractivity contribution is 5.91. The van der Waals surface area contributed by atoms with Crippen LogP contribution in [-0.4, -0.2) is 30.1 Å². The molecule has 2 aromatic rings. The van der Waals surface area contributed by atoms with Gasteiger partial charge in [-0.1, -0.05) is 50.2 Å². The number of piperidine rings is 1. The molecule has 0 aliphatic carbocycles. The Labute approximate surface area is 179 Å². The van der Waals surface area contributed by atoms with Crippen molar-refractivity contribution in [2.24, 2.45) is 5.92 Å². The summed E-state index contributed by atoms with van der Waals surface area (Å²) in [5, 5.41) is 12.6. The molecule has 1 saturated heterocycles. The minimum absolute atomic E-state index is 0.0585. The highest BCUT2D eigenvalue weighted by Crippen LogP contribution is 2.32. The Morgan fingerprint density at radius 3 is 2.37 bits per heavy atom. The number of carboxylic acids is 1. The largest absolute Gasteiger partial charge is 0.478 e. The third-order valence-electron chi connectivity index (χ3n) is 5.65. The second-order valence-corrected chi connectivity index (χ2v) is 8.50. The van der Waals surface area contributed by atoms with Crippen molar-refractivity contribution in [2.45, 2.75) is 52.0 Å². The second kappa shape index (κ2) is 10.3. The summed E-state index contributed by atoms with van der Waals surface area (Å²) in [4.78, 5) is 26.8. The topological polar surface area (TPSA) is 69.6 Å². The summed E-state index contributed by atoms with van der Waals surface area (Å²) < 4.78 is 0. The zero-order chi connectivity index (χ0) is 21.5. The highest BCUT2D eigenvalue weighted by atomic mass is 16.4. The molecule has 30 heavy (non-hydrogen) atoms. The minimum Gasteiger partial charge on any atom is -0.478 e. The molecule has 2 aromatic carbocycles. The second-order valence-electron chi connectivity index (χ2n) is 8.50. The first-order valence-corrected chi connectivity index (χ1v) is 10.9. The Morgan fingerprint density at radius 1 is 1.00 bits per heavy atom. The number of nitrogens with one attached hydrogen (secondary N) is 1. The Kier molecular flexibility index (Phi) is 7.50. The van der Waals surface area contributed by atoms with Crippen LogP contribution in [0, 0.1) is 5.92 Å². The van der Waals surface area contributed by atoms with Crippen LogP contribution < -0.4 is 10.2 Å². The van der Waals surface area contributed by atoms with E-state index in [0.29, 0.717) is 11.5 Å². The Morgan fingerprint density at radius 2 is 1.67 bits per heavy atom. The van der Waals surface area contributed by atoms with Gasteiger partial charge in [0.15, 0.2) is 0 Å². The van der Waals surface area contributed by atoms with Crippen molar-refractivity contribution < 1.29 is 14.7 Å². The van der Waals surface area contributed by atoms with Gasteiger partial charge in [0.2, 0.25) is 5.91 Å². The van der Waals surface area contributed by atoms with E-state index in [9.17, 15) is 14.7 Å². The van der Waals surface area contributed by atoms with E-state index in [4.69, 9.17) is 0 Å². The fourth-order valence-corrected chi connectivity index (χ4v) is 4.24. The minimum atomic E-state index is -1.01. The van der Waals surface area contributed by atoms with E-state index in [2.05, 4.69) is 42.3 Å². The number of hydrogen-bond donors (Lipinski definition) is 2. The Bertz CT molecular complexity index is 872. The van der Waals surface area contributed by atoms with Crippen LogP contribution in [0.4, 0.5) is 5.69 Å². The molecule has 5 nitrogen and oxygen atoms in total. The van der Waals surface area contributed by atoms with Crippen molar-refractivity contribution in [1.29, 1.82) is 0 Å². The molecule has 1 aliphatic heterocycles. The van der Waals surface area contributed by atoms with Gasteiger partial charge in [-0.05, 0) is 54.9 Å². The lowest BCUT2D eigenvalue weighted by Crippen LogP contribution is -2.34. The third kappa shape index (κ3) is 5.62. The predicted molar refractivity (Wildman–Crippen MR) is 120 cm³/mol. The molecule has 1 aliphatic rings. The zero-order valence-electron chi connectivity index (χ0n) is 17.9. The fraction of sp³-hybridized carbons (Fsp3) is 0.440. The molecule has 1 amide bonds. The average molecular weight is 409 g/mol. The lowest BCUT2D eigenvalue weighted by molar-refractivity contribution is -0.121. The number of carbonyl (C=O) groups is 2. The van der Waals surface area contributed by atoms with E-state index in [1.165, 1.54) is 24.9 Å². The summed E-state index contributed by atoms with van der Waals surface area (Å²) in [6, 6.07) is 15.0. The van der Waals surface area contributed by atoms with Crippen LogP contribution in [-0.2, 0) is 11.2 Å². The fourth-order valence-electron chi connectivity index (χ4n) is 4.24. The molecule has 0 saturated carbocycles. The molecular weight excluding hydrogens is 376 g/mol. The Balaban J connectivity index is 1.82. The lowest BCUT2D eigenvalue weighted by Gasteiger charge is -2.33. The van der Waals surface area contributed by atoms with Crippen molar-refractivity contribution >= 4 is 17.6 Å². The standard InChI is InChI=1S/C25H32N2O3/c1-18(2)16-22(21-12-6-7-13-23(21)27-14-8-3-9-15-27)26-24(28)17-19-10-4-5-11-20(19)25(29)30/h4-7,10-13,18,22H,3,8-9,14-17H2,1-2H3,(H,26,28)(H,29,30). The van der Waals surface area contributed by atoms with Gasteiger partial charge in [-0.3, -0.25) is 4.79 Å². The first-order valence-electron chi connectivity index (χ1n) is 10.9. The van der Waals surface area contributed by atoms with Gasteiger partial charge in [0, 0.05) is 18.8 Å². The van der Waals surface area contributed by atoms with E-state index in [1.807, 2.05) is 6.07 Å². The van der Waals surface area contributed by atoms with Gasteiger partial charge in [0.25, 0.3) is 0 Å². The van der Waals surface area contributed by atoms with E-state index in [1.54, 1.807) is 24.3 Å². The molecule has 2 N–H and O–H groups in total. The maximum atomic E-state index is 12.9. The molecule has 0 radical (unpaired) electrons. The van der Waals surface area contributed by atoms with Crippen molar-refractivity contribution in [2.75, 3.05) is 18.0 Å². The number of benzene rings is 2. The van der Waals surface area contributed by atoms with Crippen LogP contribution >= 0.6 is 0 Å². The summed E-state index contributed by atoms with van der Waals surface area (Å²) in [6.45, 7) is 6.40. The van der Waals surface area contributed by atoms with E-state index >= 15 is 0 Å². The first-order chi connectivity index (χ1) is 14.5. The zero-order valence-corrected chi connectivity index (χ0v) is 17.9. The number of rotatable bonds is 8. The van der Waals surface area contributed by atoms with Gasteiger partial charge < -0.3 is 15.3 Å². The molecule has 0 aromatic heterocycles. The molecule has 1 unspecified atom stereocenters. The first kappa shape index (κ1) is 21.9. The van der Waals surface area contributed by atoms with Crippen LogP contribution in [0.5, 0.6) is 0 Å². The number of carbonyl (C=O) groups excluding carboxylic acids is 1. The number of nitrogens with zero attached hydrogens (tertiary/aromatic N) is 1. The average Bonchev–Trinajstić information content (AvgIpc) is 2.74. The molecule has 3 rings (SSSR count). The van der Waals surface area contributed by atoms with E-state index in [-0.39, 0.29) is 23.9 Å². The normalized spacial score (nSPS) is 15.1. The van der Waals surface area contributed by atoms with Crippen molar-refractivity contribution in [3.63, 3.8) is 0 Å². The van der Waals surface area contributed by atoms with Crippen molar-refractivity contribution in [3.8, 4) is 0 Å². The van der Waals surface area contributed by atoms with Gasteiger partial charge in [0.1, 0.15) is 0 Å². The van der Waals surface area contributed by atoms with Gasteiger partial charge in [0.05, 0.1) is 18.0 Å². The van der Waals surface area contributed by atoms with Crippen LogP contribution in [0.2, 0.25) is 0 Å². The number of para-hydroxylation sites is 1. The number of carboxylic acid groups (broad SMARTS) is 1. The monoisotopic (exact) mass is 408 g/mol. The van der Waals surface area contributed by atoms with Crippen LogP contribution in [0.25, 0.3) is 0 Å². The maximum absolute atomic E-state index is 12.9. The van der Waals surface area contributed by atoms with Gasteiger partial charge in [-0.25, -0.2) is 4.79 Å². The van der Waals surface area contributed by atoms with Crippen molar-refractivity contribution in [3.05, 3.63) is 65.2 Å².